The third-order valence-corrected chi connectivity index (χ3v) is 4.84. The Balaban J connectivity index is 3.10. The van der Waals surface area contributed by atoms with Gasteiger partial charge < -0.3 is 10.6 Å². The van der Waals surface area contributed by atoms with Gasteiger partial charge >= 0.3 is 0 Å². The van der Waals surface area contributed by atoms with Crippen molar-refractivity contribution in [3.05, 3.63) is 29.8 Å². The first-order chi connectivity index (χ1) is 8.76. The molecule has 0 bridgehead atoms. The Morgan fingerprint density at radius 3 is 2.32 bits per heavy atom. The van der Waals surface area contributed by atoms with Gasteiger partial charge in [0.05, 0.1) is 4.90 Å². The summed E-state index contributed by atoms with van der Waals surface area (Å²) >= 11 is 4.90. The summed E-state index contributed by atoms with van der Waals surface area (Å²) in [5.41, 5.74) is 5.96. The van der Waals surface area contributed by atoms with E-state index >= 15 is 0 Å². The second-order valence-electron chi connectivity index (χ2n) is 4.49. The maximum Gasteiger partial charge on any atom is 0.243 e. The van der Waals surface area contributed by atoms with Gasteiger partial charge in [0.15, 0.2) is 0 Å². The highest BCUT2D eigenvalue weighted by Crippen LogP contribution is 2.19. The summed E-state index contributed by atoms with van der Waals surface area (Å²) in [7, 11) is 1.76. The predicted molar refractivity (Wildman–Crippen MR) is 80.7 cm³/mol. The molecule has 1 aromatic carbocycles. The van der Waals surface area contributed by atoms with Gasteiger partial charge in [0.2, 0.25) is 10.0 Å². The van der Waals surface area contributed by atoms with Crippen LogP contribution in [0.25, 0.3) is 0 Å². The van der Waals surface area contributed by atoms with Gasteiger partial charge in [0, 0.05) is 25.7 Å². The molecule has 0 radical (unpaired) electrons. The van der Waals surface area contributed by atoms with Crippen molar-refractivity contribution in [2.75, 3.05) is 34.2 Å². The van der Waals surface area contributed by atoms with Crippen LogP contribution in [0.4, 0.5) is 0 Å². The molecule has 0 unspecified atom stereocenters. The lowest BCUT2D eigenvalue weighted by Crippen LogP contribution is -2.34. The molecule has 0 aliphatic rings. The average Bonchev–Trinajstić information content (AvgIpc) is 2.35. The molecule has 1 aromatic rings. The fraction of sp³-hybridized carbons (Fsp3) is 0.417. The number of thiocarbonyl (C=S) groups is 1. The number of sulfonamides is 1. The van der Waals surface area contributed by atoms with E-state index in [1.165, 1.54) is 10.4 Å². The Kier molecular flexibility index (Phi) is 5.42. The highest BCUT2D eigenvalue weighted by atomic mass is 32.2. The molecule has 0 atom stereocenters. The normalized spacial score (nSPS) is 12.1. The lowest BCUT2D eigenvalue weighted by atomic mass is 10.2. The number of rotatable bonds is 6. The van der Waals surface area contributed by atoms with Crippen LogP contribution in [-0.4, -0.2) is 56.8 Å². The molecule has 0 spiro atoms. The molecule has 0 aliphatic heterocycles. The summed E-state index contributed by atoms with van der Waals surface area (Å²) in [6, 6.07) is 6.52. The highest BCUT2D eigenvalue weighted by molar-refractivity contribution is 7.89. The van der Waals surface area contributed by atoms with E-state index in [1.54, 1.807) is 25.2 Å². The lowest BCUT2D eigenvalue weighted by molar-refractivity contribution is 0.358. The first-order valence-electron chi connectivity index (χ1n) is 5.76. The molecule has 0 aromatic heterocycles. The molecule has 19 heavy (non-hydrogen) atoms. The summed E-state index contributed by atoms with van der Waals surface area (Å²) in [6.45, 7) is 1.05. The van der Waals surface area contributed by atoms with Crippen molar-refractivity contribution in [1.29, 1.82) is 0 Å². The Labute approximate surface area is 120 Å². The first kappa shape index (κ1) is 16.0. The van der Waals surface area contributed by atoms with E-state index in [-0.39, 0.29) is 9.88 Å². The minimum atomic E-state index is -3.57. The first-order valence-corrected chi connectivity index (χ1v) is 7.61. The largest absolute Gasteiger partial charge is 0.389 e. The van der Waals surface area contributed by atoms with E-state index in [2.05, 4.69) is 0 Å². The average molecular weight is 301 g/mol. The van der Waals surface area contributed by atoms with Crippen LogP contribution in [0.1, 0.15) is 5.56 Å². The van der Waals surface area contributed by atoms with Crippen LogP contribution in [0, 0.1) is 0 Å². The van der Waals surface area contributed by atoms with Crippen molar-refractivity contribution in [1.82, 2.24) is 9.21 Å². The maximum absolute atomic E-state index is 12.5. The molecule has 0 saturated heterocycles. The van der Waals surface area contributed by atoms with Crippen LogP contribution >= 0.6 is 12.2 Å². The Bertz CT molecular complexity index is 556. The molecule has 0 fully saturated rings. The van der Waals surface area contributed by atoms with Gasteiger partial charge in [-0.1, -0.05) is 30.4 Å². The van der Waals surface area contributed by atoms with Crippen molar-refractivity contribution in [2.45, 2.75) is 4.90 Å². The van der Waals surface area contributed by atoms with E-state index in [1.807, 2.05) is 19.0 Å². The van der Waals surface area contributed by atoms with Crippen LogP contribution in [-0.2, 0) is 10.0 Å². The quantitative estimate of drug-likeness (QED) is 0.775. The highest BCUT2D eigenvalue weighted by Gasteiger charge is 2.24. The molecule has 7 heteroatoms. The summed E-state index contributed by atoms with van der Waals surface area (Å²) in [5, 5.41) is 0. The van der Waals surface area contributed by atoms with Crippen molar-refractivity contribution in [3.8, 4) is 0 Å². The molecular formula is C12H19N3O2S2. The second-order valence-corrected chi connectivity index (χ2v) is 6.94. The minimum Gasteiger partial charge on any atom is -0.389 e. The van der Waals surface area contributed by atoms with Gasteiger partial charge in [-0.3, -0.25) is 0 Å². The summed E-state index contributed by atoms with van der Waals surface area (Å²) in [6.07, 6.45) is 0. The van der Waals surface area contributed by atoms with Gasteiger partial charge in [0.25, 0.3) is 0 Å². The standard InChI is InChI=1S/C12H19N3O2S2/c1-14(2)8-9-15(3)19(16,17)11-7-5-4-6-10(11)12(13)18/h4-7H,8-9H2,1-3H3,(H2,13,18). The lowest BCUT2D eigenvalue weighted by Gasteiger charge is -2.20. The van der Waals surface area contributed by atoms with Gasteiger partial charge in [-0.05, 0) is 20.2 Å². The Hall–Kier alpha value is -1.02. The topological polar surface area (TPSA) is 66.6 Å². The van der Waals surface area contributed by atoms with Crippen molar-refractivity contribution in [2.24, 2.45) is 5.73 Å². The molecule has 0 saturated carbocycles. The number of hydrogen-bond donors (Lipinski definition) is 1. The molecule has 2 N–H and O–H groups in total. The smallest absolute Gasteiger partial charge is 0.243 e. The predicted octanol–water partition coefficient (Wildman–Crippen LogP) is 0.503. The van der Waals surface area contributed by atoms with Gasteiger partial charge in [-0.15, -0.1) is 0 Å². The number of likely N-dealkylation sites (N-methyl/N-ethyl adjacent to an activating group) is 2. The van der Waals surface area contributed by atoms with E-state index in [0.29, 0.717) is 18.7 Å². The number of hydrogen-bond acceptors (Lipinski definition) is 4. The van der Waals surface area contributed by atoms with Crippen LogP contribution in [0.2, 0.25) is 0 Å². The van der Waals surface area contributed by atoms with Crippen LogP contribution in [0.15, 0.2) is 29.2 Å². The molecule has 0 aliphatic carbocycles. The zero-order valence-electron chi connectivity index (χ0n) is 11.3. The number of nitrogens with zero attached hydrogens (tertiary/aromatic N) is 2. The summed E-state index contributed by atoms with van der Waals surface area (Å²) in [4.78, 5) is 2.16. The second kappa shape index (κ2) is 6.42. The van der Waals surface area contributed by atoms with E-state index < -0.39 is 10.0 Å². The summed E-state index contributed by atoms with van der Waals surface area (Å²) < 4.78 is 26.2. The number of nitrogens with two attached hydrogens (primary N) is 1. The monoisotopic (exact) mass is 301 g/mol. The molecule has 0 heterocycles. The number of benzene rings is 1. The Morgan fingerprint density at radius 1 is 1.21 bits per heavy atom. The van der Waals surface area contributed by atoms with Crippen molar-refractivity contribution < 1.29 is 8.42 Å². The molecule has 1 rings (SSSR count). The van der Waals surface area contributed by atoms with Crippen LogP contribution < -0.4 is 5.73 Å². The molecule has 106 valence electrons. The minimum absolute atomic E-state index is 0.0835. The third kappa shape index (κ3) is 3.97. The van der Waals surface area contributed by atoms with Crippen molar-refractivity contribution >= 4 is 27.2 Å². The zero-order valence-corrected chi connectivity index (χ0v) is 13.0. The zero-order chi connectivity index (χ0) is 14.6. The SMILES string of the molecule is CN(C)CCN(C)S(=O)(=O)c1ccccc1C(N)=S. The third-order valence-electron chi connectivity index (χ3n) is 2.70. The molecular weight excluding hydrogens is 282 g/mol. The molecule has 0 amide bonds. The van der Waals surface area contributed by atoms with Gasteiger partial charge in [-0.25, -0.2) is 8.42 Å². The fourth-order valence-corrected chi connectivity index (χ4v) is 3.13. The van der Waals surface area contributed by atoms with Crippen LogP contribution in [0.3, 0.4) is 0 Å². The van der Waals surface area contributed by atoms with Crippen LogP contribution in [0.5, 0.6) is 0 Å². The fourth-order valence-electron chi connectivity index (χ4n) is 1.52. The maximum atomic E-state index is 12.5. The van der Waals surface area contributed by atoms with E-state index in [0.717, 1.165) is 0 Å². The van der Waals surface area contributed by atoms with Gasteiger partial charge in [0.1, 0.15) is 4.99 Å². The van der Waals surface area contributed by atoms with E-state index in [4.69, 9.17) is 18.0 Å². The molecule has 5 nitrogen and oxygen atoms in total. The van der Waals surface area contributed by atoms with Gasteiger partial charge in [-0.2, -0.15) is 4.31 Å². The summed E-state index contributed by atoms with van der Waals surface area (Å²) in [5.74, 6) is 0. The van der Waals surface area contributed by atoms with E-state index in [9.17, 15) is 8.42 Å². The van der Waals surface area contributed by atoms with Crippen molar-refractivity contribution in [3.63, 3.8) is 0 Å². The Morgan fingerprint density at radius 2 is 1.79 bits per heavy atom.